The summed E-state index contributed by atoms with van der Waals surface area (Å²) in [6.07, 6.45) is 3.70. The van der Waals surface area contributed by atoms with Gasteiger partial charge in [0.1, 0.15) is 10.1 Å². The fourth-order valence-corrected chi connectivity index (χ4v) is 2.70. The number of aromatic nitrogens is 2. The van der Waals surface area contributed by atoms with Crippen molar-refractivity contribution in [1.82, 2.24) is 15.3 Å². The van der Waals surface area contributed by atoms with E-state index in [4.69, 9.17) is 0 Å². The summed E-state index contributed by atoms with van der Waals surface area (Å²) in [6, 6.07) is 8.02. The molecule has 2 aromatic rings. The maximum atomic E-state index is 4.48. The molecule has 2 rings (SSSR count). The van der Waals surface area contributed by atoms with Crippen molar-refractivity contribution in [1.29, 1.82) is 0 Å². The maximum Gasteiger partial charge on any atom is 0.116 e. The monoisotopic (exact) mass is 351 g/mol. The van der Waals surface area contributed by atoms with Crippen LogP contribution in [0.3, 0.4) is 0 Å². The Hall–Kier alpha value is -0.910. The van der Waals surface area contributed by atoms with E-state index in [1.807, 2.05) is 24.4 Å². The highest BCUT2D eigenvalue weighted by Crippen LogP contribution is 2.29. The van der Waals surface area contributed by atoms with Crippen molar-refractivity contribution in [2.24, 2.45) is 0 Å². The van der Waals surface area contributed by atoms with E-state index >= 15 is 0 Å². The van der Waals surface area contributed by atoms with Gasteiger partial charge >= 0.3 is 0 Å². The zero-order valence-corrected chi connectivity index (χ0v) is 14.3. The molecule has 2 heterocycles. The van der Waals surface area contributed by atoms with Crippen LogP contribution in [0.15, 0.2) is 51.2 Å². The molecule has 0 amide bonds. The number of hydrogen-bond donors (Lipinski definition) is 1. The standard InChI is InChI=1S/C15H18BrN3S/c1-15(2,3)19-10-11-6-7-13(18-9-11)20-14-12(16)5-4-8-17-14/h4-9,19H,10H2,1-3H3. The third kappa shape index (κ3) is 4.89. The summed E-state index contributed by atoms with van der Waals surface area (Å²) in [5.74, 6) is 0. The number of nitrogens with one attached hydrogen (secondary N) is 1. The lowest BCUT2D eigenvalue weighted by atomic mass is 10.1. The van der Waals surface area contributed by atoms with E-state index in [0.717, 1.165) is 21.1 Å². The topological polar surface area (TPSA) is 37.8 Å². The van der Waals surface area contributed by atoms with E-state index in [2.05, 4.69) is 58.1 Å². The quantitative estimate of drug-likeness (QED) is 0.891. The molecule has 3 nitrogen and oxygen atoms in total. The van der Waals surface area contributed by atoms with Crippen LogP contribution in [0.1, 0.15) is 26.3 Å². The lowest BCUT2D eigenvalue weighted by Crippen LogP contribution is -2.35. The number of hydrogen-bond acceptors (Lipinski definition) is 4. The van der Waals surface area contributed by atoms with Crippen LogP contribution in [-0.4, -0.2) is 15.5 Å². The molecular formula is C15H18BrN3S. The Kier molecular flexibility index (Phi) is 5.18. The molecular weight excluding hydrogens is 334 g/mol. The molecule has 1 N–H and O–H groups in total. The lowest BCUT2D eigenvalue weighted by molar-refractivity contribution is 0.424. The van der Waals surface area contributed by atoms with Crippen LogP contribution in [-0.2, 0) is 6.54 Å². The van der Waals surface area contributed by atoms with Crippen molar-refractivity contribution in [2.75, 3.05) is 0 Å². The first-order valence-electron chi connectivity index (χ1n) is 6.42. The second-order valence-electron chi connectivity index (χ2n) is 5.50. The van der Waals surface area contributed by atoms with Gasteiger partial charge in [0.05, 0.1) is 4.47 Å². The SMILES string of the molecule is CC(C)(C)NCc1ccc(Sc2ncccc2Br)nc1. The van der Waals surface area contributed by atoms with Crippen LogP contribution < -0.4 is 5.32 Å². The molecule has 0 aliphatic carbocycles. The Balaban J connectivity index is 2.00. The van der Waals surface area contributed by atoms with Gasteiger partial charge in [0.15, 0.2) is 0 Å². The first kappa shape index (κ1) is 15.5. The predicted octanol–water partition coefficient (Wildman–Crippen LogP) is 4.28. The van der Waals surface area contributed by atoms with E-state index in [9.17, 15) is 0 Å². The van der Waals surface area contributed by atoms with Gasteiger partial charge in [-0.2, -0.15) is 0 Å². The molecule has 0 aliphatic rings. The molecule has 0 saturated heterocycles. The Labute approximate surface area is 132 Å². The lowest BCUT2D eigenvalue weighted by Gasteiger charge is -2.20. The average Bonchev–Trinajstić information content (AvgIpc) is 2.40. The van der Waals surface area contributed by atoms with Crippen molar-refractivity contribution in [3.8, 4) is 0 Å². The van der Waals surface area contributed by atoms with Gasteiger partial charge in [-0.05, 0) is 72.2 Å². The van der Waals surface area contributed by atoms with Crippen molar-refractivity contribution in [2.45, 2.75) is 42.9 Å². The molecule has 20 heavy (non-hydrogen) atoms. The summed E-state index contributed by atoms with van der Waals surface area (Å²) in [7, 11) is 0. The van der Waals surface area contributed by atoms with E-state index in [-0.39, 0.29) is 5.54 Å². The Bertz CT molecular complexity index is 564. The molecule has 0 saturated carbocycles. The van der Waals surface area contributed by atoms with Crippen molar-refractivity contribution >= 4 is 27.7 Å². The summed E-state index contributed by atoms with van der Waals surface area (Å²) in [5.41, 5.74) is 1.30. The number of pyridine rings is 2. The summed E-state index contributed by atoms with van der Waals surface area (Å²) in [4.78, 5) is 8.81. The van der Waals surface area contributed by atoms with Crippen LogP contribution in [0.2, 0.25) is 0 Å². The predicted molar refractivity (Wildman–Crippen MR) is 86.9 cm³/mol. The first-order chi connectivity index (χ1) is 9.44. The largest absolute Gasteiger partial charge is 0.308 e. The highest BCUT2D eigenvalue weighted by atomic mass is 79.9. The van der Waals surface area contributed by atoms with Crippen LogP contribution in [0, 0.1) is 0 Å². The van der Waals surface area contributed by atoms with E-state index in [0.29, 0.717) is 0 Å². The molecule has 0 fully saturated rings. The van der Waals surface area contributed by atoms with Crippen LogP contribution >= 0.6 is 27.7 Å². The van der Waals surface area contributed by atoms with E-state index in [1.54, 1.807) is 18.0 Å². The second kappa shape index (κ2) is 6.70. The second-order valence-corrected chi connectivity index (χ2v) is 7.36. The van der Waals surface area contributed by atoms with Gasteiger partial charge in [-0.1, -0.05) is 6.07 Å². The molecule has 0 spiro atoms. The third-order valence-corrected chi connectivity index (χ3v) is 4.42. The number of nitrogens with zero attached hydrogens (tertiary/aromatic N) is 2. The van der Waals surface area contributed by atoms with Crippen molar-refractivity contribution in [3.05, 3.63) is 46.7 Å². The molecule has 0 atom stereocenters. The van der Waals surface area contributed by atoms with Gasteiger partial charge in [-0.15, -0.1) is 0 Å². The van der Waals surface area contributed by atoms with Gasteiger partial charge in [-0.25, -0.2) is 9.97 Å². The normalized spacial score (nSPS) is 11.6. The highest BCUT2D eigenvalue weighted by Gasteiger charge is 2.09. The highest BCUT2D eigenvalue weighted by molar-refractivity contribution is 9.10. The molecule has 5 heteroatoms. The molecule has 2 aromatic heterocycles. The first-order valence-corrected chi connectivity index (χ1v) is 8.03. The Morgan fingerprint density at radius 2 is 2.00 bits per heavy atom. The van der Waals surface area contributed by atoms with E-state index in [1.165, 1.54) is 5.56 Å². The summed E-state index contributed by atoms with van der Waals surface area (Å²) in [5, 5.41) is 5.33. The van der Waals surface area contributed by atoms with Crippen LogP contribution in [0.4, 0.5) is 0 Å². The molecule has 0 unspecified atom stereocenters. The van der Waals surface area contributed by atoms with Crippen LogP contribution in [0.25, 0.3) is 0 Å². The minimum absolute atomic E-state index is 0.117. The summed E-state index contributed by atoms with van der Waals surface area (Å²) < 4.78 is 0.991. The maximum absolute atomic E-state index is 4.48. The smallest absolute Gasteiger partial charge is 0.116 e. The third-order valence-electron chi connectivity index (χ3n) is 2.55. The number of rotatable bonds is 4. The molecule has 0 radical (unpaired) electrons. The fourth-order valence-electron chi connectivity index (χ4n) is 1.49. The zero-order valence-electron chi connectivity index (χ0n) is 11.9. The summed E-state index contributed by atoms with van der Waals surface area (Å²) >= 11 is 5.05. The van der Waals surface area contributed by atoms with Crippen molar-refractivity contribution in [3.63, 3.8) is 0 Å². The zero-order chi connectivity index (χ0) is 14.6. The van der Waals surface area contributed by atoms with Gasteiger partial charge in [0.2, 0.25) is 0 Å². The summed E-state index contributed by atoms with van der Waals surface area (Å²) in [6.45, 7) is 7.30. The minimum Gasteiger partial charge on any atom is -0.308 e. The van der Waals surface area contributed by atoms with Gasteiger partial charge in [0, 0.05) is 24.5 Å². The molecule has 0 aliphatic heterocycles. The molecule has 0 aromatic carbocycles. The Morgan fingerprint density at radius 1 is 1.20 bits per heavy atom. The number of halogens is 1. The molecule has 106 valence electrons. The molecule has 0 bridgehead atoms. The van der Waals surface area contributed by atoms with Gasteiger partial charge in [0.25, 0.3) is 0 Å². The van der Waals surface area contributed by atoms with E-state index < -0.39 is 0 Å². The fraction of sp³-hybridized carbons (Fsp3) is 0.333. The minimum atomic E-state index is 0.117. The Morgan fingerprint density at radius 3 is 2.60 bits per heavy atom. The average molecular weight is 352 g/mol. The van der Waals surface area contributed by atoms with Crippen LogP contribution in [0.5, 0.6) is 0 Å². The van der Waals surface area contributed by atoms with Gasteiger partial charge < -0.3 is 5.32 Å². The van der Waals surface area contributed by atoms with Crippen molar-refractivity contribution < 1.29 is 0 Å². The van der Waals surface area contributed by atoms with Gasteiger partial charge in [-0.3, -0.25) is 0 Å².